The van der Waals surface area contributed by atoms with Gasteiger partial charge in [0.15, 0.2) is 6.10 Å². The van der Waals surface area contributed by atoms with Crippen LogP contribution in [0.3, 0.4) is 0 Å². The molecule has 0 saturated carbocycles. The second kappa shape index (κ2) is 65.3. The van der Waals surface area contributed by atoms with Crippen molar-refractivity contribution in [1.82, 2.24) is 0 Å². The zero-order valence-corrected chi connectivity index (χ0v) is 50.6. The lowest BCUT2D eigenvalue weighted by Gasteiger charge is -2.18. The van der Waals surface area contributed by atoms with Crippen molar-refractivity contribution in [2.75, 3.05) is 13.2 Å². The number of ether oxygens (including phenoxy) is 3. The molecule has 0 aromatic rings. The van der Waals surface area contributed by atoms with Gasteiger partial charge in [0.05, 0.1) is 6.42 Å². The topological polar surface area (TPSA) is 78.9 Å². The van der Waals surface area contributed by atoms with E-state index >= 15 is 0 Å². The third-order valence-corrected chi connectivity index (χ3v) is 12.7. The smallest absolute Gasteiger partial charge is 0.309 e. The van der Waals surface area contributed by atoms with Crippen molar-refractivity contribution in [2.45, 2.75) is 258 Å². The Morgan fingerprint density at radius 3 is 0.861 bits per heavy atom. The van der Waals surface area contributed by atoms with E-state index in [-0.39, 0.29) is 32.0 Å². The van der Waals surface area contributed by atoms with E-state index in [9.17, 15) is 14.4 Å². The van der Waals surface area contributed by atoms with E-state index in [1.165, 1.54) is 89.9 Å². The number of hydrogen-bond acceptors (Lipinski definition) is 6. The highest BCUT2D eigenvalue weighted by atomic mass is 16.6. The summed E-state index contributed by atoms with van der Waals surface area (Å²) in [5.41, 5.74) is 0. The van der Waals surface area contributed by atoms with Crippen molar-refractivity contribution in [3.05, 3.63) is 170 Å². The Kier molecular flexibility index (Phi) is 61.0. The molecule has 0 radical (unpaired) electrons. The second-order valence-corrected chi connectivity index (χ2v) is 20.2. The van der Waals surface area contributed by atoms with Crippen LogP contribution in [0, 0.1) is 0 Å². The Morgan fingerprint density at radius 2 is 0.519 bits per heavy atom. The summed E-state index contributed by atoms with van der Waals surface area (Å²) >= 11 is 0. The average molecular weight is 1090 g/mol. The Balaban J connectivity index is 4.41. The molecule has 0 aliphatic rings. The van der Waals surface area contributed by atoms with Crippen molar-refractivity contribution in [3.8, 4) is 0 Å². The second-order valence-electron chi connectivity index (χ2n) is 20.2. The molecule has 6 nitrogen and oxygen atoms in total. The van der Waals surface area contributed by atoms with E-state index in [4.69, 9.17) is 14.2 Å². The number of esters is 3. The number of carbonyl (C=O) groups is 3. The predicted molar refractivity (Wildman–Crippen MR) is 343 cm³/mol. The number of hydrogen-bond donors (Lipinski definition) is 0. The molecule has 79 heavy (non-hydrogen) atoms. The first kappa shape index (κ1) is 73.8. The fourth-order valence-electron chi connectivity index (χ4n) is 8.13. The molecule has 0 N–H and O–H groups in total. The van der Waals surface area contributed by atoms with E-state index < -0.39 is 18.0 Å². The molecule has 0 rings (SSSR count). The number of unbranched alkanes of at least 4 members (excludes halogenated alkanes) is 17. The normalized spacial score (nSPS) is 13.3. The summed E-state index contributed by atoms with van der Waals surface area (Å²) in [5.74, 6) is -1.14. The fraction of sp³-hybridized carbons (Fsp3) is 0.575. The molecule has 0 saturated heterocycles. The Hall–Kier alpha value is -5.23. The van der Waals surface area contributed by atoms with Crippen LogP contribution in [0.4, 0.5) is 0 Å². The quantitative estimate of drug-likeness (QED) is 0.0261. The lowest BCUT2D eigenvalue weighted by molar-refractivity contribution is -0.166. The van der Waals surface area contributed by atoms with Gasteiger partial charge in [0.1, 0.15) is 13.2 Å². The Bertz CT molecular complexity index is 1820. The van der Waals surface area contributed by atoms with Crippen LogP contribution < -0.4 is 0 Å². The Labute approximate surface area is 485 Å². The lowest BCUT2D eigenvalue weighted by atomic mass is 10.0. The first-order valence-corrected chi connectivity index (χ1v) is 31.6. The van der Waals surface area contributed by atoms with Crippen LogP contribution in [-0.4, -0.2) is 37.2 Å². The fourth-order valence-corrected chi connectivity index (χ4v) is 8.13. The van der Waals surface area contributed by atoms with Crippen LogP contribution in [-0.2, 0) is 28.6 Å². The summed E-state index contributed by atoms with van der Waals surface area (Å²) in [6.45, 7) is 6.16. The van der Waals surface area contributed by atoms with E-state index in [1.807, 2.05) is 6.08 Å². The molecular formula is C73H114O6. The lowest BCUT2D eigenvalue weighted by Crippen LogP contribution is -2.30. The van der Waals surface area contributed by atoms with Gasteiger partial charge in [-0.25, -0.2) is 0 Å². The van der Waals surface area contributed by atoms with E-state index in [0.29, 0.717) is 12.8 Å². The molecule has 1 atom stereocenters. The minimum absolute atomic E-state index is 0.108. The van der Waals surface area contributed by atoms with Gasteiger partial charge < -0.3 is 14.2 Å². The summed E-state index contributed by atoms with van der Waals surface area (Å²) < 4.78 is 16.7. The van der Waals surface area contributed by atoms with Gasteiger partial charge >= 0.3 is 17.9 Å². The standard InChI is InChI=1S/C73H114O6/c1-4-7-10-13-16-19-22-25-28-30-31-32-33-34-35-36-37-38-39-40-41-43-45-48-51-54-57-60-63-66-72(75)78-69-70(68-77-71(74)65-62-59-56-53-50-47-44-27-24-21-18-15-12-9-6-3)79-73(76)67-64-61-58-55-52-49-46-42-29-26-23-20-17-14-11-8-5-2/h7-12,16-21,25-29,31-32,44,46,49-50,53,55,58-59,62,70H,4-6,13-15,22-24,30,33-43,45,47-48,51-52,54,56-57,60-61,63-69H2,1-3H3/b10-7-,11-8-,12-9-,19-16-,20-17-,21-18-,28-25-,29-26-,32-31-,44-27-,49-46-,53-50-,58-55-,62-59-. The maximum atomic E-state index is 12.9. The van der Waals surface area contributed by atoms with Crippen molar-refractivity contribution in [1.29, 1.82) is 0 Å². The summed E-state index contributed by atoms with van der Waals surface area (Å²) in [4.78, 5) is 38.2. The number of allylic oxidation sites excluding steroid dienone is 27. The highest BCUT2D eigenvalue weighted by Crippen LogP contribution is 2.15. The van der Waals surface area contributed by atoms with Crippen LogP contribution >= 0.6 is 0 Å². The molecule has 442 valence electrons. The summed E-state index contributed by atoms with van der Waals surface area (Å²) in [6.07, 6.45) is 96.9. The molecule has 0 fully saturated rings. The van der Waals surface area contributed by atoms with Crippen molar-refractivity contribution >= 4 is 17.9 Å². The maximum absolute atomic E-state index is 12.9. The van der Waals surface area contributed by atoms with E-state index in [0.717, 1.165) is 116 Å². The van der Waals surface area contributed by atoms with Crippen molar-refractivity contribution in [2.24, 2.45) is 0 Å². The number of rotatable bonds is 55. The van der Waals surface area contributed by atoms with Crippen LogP contribution in [0.25, 0.3) is 0 Å². The minimum atomic E-state index is -0.856. The van der Waals surface area contributed by atoms with Crippen molar-refractivity contribution in [3.63, 3.8) is 0 Å². The van der Waals surface area contributed by atoms with Crippen molar-refractivity contribution < 1.29 is 28.6 Å². The largest absolute Gasteiger partial charge is 0.462 e. The first-order chi connectivity index (χ1) is 39.0. The highest BCUT2D eigenvalue weighted by Gasteiger charge is 2.19. The van der Waals surface area contributed by atoms with Gasteiger partial charge in [0, 0.05) is 12.8 Å². The first-order valence-electron chi connectivity index (χ1n) is 31.6. The molecule has 0 aliphatic carbocycles. The van der Waals surface area contributed by atoms with Crippen LogP contribution in [0.5, 0.6) is 0 Å². The molecule has 0 heterocycles. The predicted octanol–water partition coefficient (Wildman–Crippen LogP) is 21.9. The SMILES string of the molecule is CC/C=C\C/C=C\C/C=C\C/C=C\C/C=C\CCCC(=O)OC(COC(=O)C/C=C\C/C=C\C/C=C\C/C=C\C/C=C\CC)COC(=O)CCCCCCCCCCCCCCCCCC/C=C\C/C=C\C/C=C\C/C=C\CC. The van der Waals surface area contributed by atoms with Gasteiger partial charge in [0.25, 0.3) is 0 Å². The van der Waals surface area contributed by atoms with Crippen LogP contribution in [0.1, 0.15) is 252 Å². The number of carbonyl (C=O) groups excluding carboxylic acids is 3. The monoisotopic (exact) mass is 1090 g/mol. The van der Waals surface area contributed by atoms with E-state index in [1.54, 1.807) is 6.08 Å². The molecule has 0 aliphatic heterocycles. The van der Waals surface area contributed by atoms with Gasteiger partial charge in [-0.3, -0.25) is 14.4 Å². The minimum Gasteiger partial charge on any atom is -0.462 e. The van der Waals surface area contributed by atoms with Gasteiger partial charge in [0.2, 0.25) is 0 Å². The average Bonchev–Trinajstić information content (AvgIpc) is 3.45. The maximum Gasteiger partial charge on any atom is 0.309 e. The molecular weight excluding hydrogens is 973 g/mol. The molecule has 0 aromatic heterocycles. The summed E-state index contributed by atoms with van der Waals surface area (Å²) in [7, 11) is 0. The molecule has 0 bridgehead atoms. The zero-order chi connectivity index (χ0) is 57.1. The molecule has 1 unspecified atom stereocenters. The zero-order valence-electron chi connectivity index (χ0n) is 50.6. The summed E-state index contributed by atoms with van der Waals surface area (Å²) in [5, 5.41) is 0. The Morgan fingerprint density at radius 1 is 0.266 bits per heavy atom. The summed E-state index contributed by atoms with van der Waals surface area (Å²) in [6, 6.07) is 0. The third-order valence-electron chi connectivity index (χ3n) is 12.7. The van der Waals surface area contributed by atoms with E-state index in [2.05, 4.69) is 179 Å². The van der Waals surface area contributed by atoms with Crippen LogP contribution in [0.15, 0.2) is 170 Å². The van der Waals surface area contributed by atoms with Gasteiger partial charge in [-0.15, -0.1) is 0 Å². The highest BCUT2D eigenvalue weighted by molar-refractivity contribution is 5.72. The third kappa shape index (κ3) is 63.5. The van der Waals surface area contributed by atoms with Crippen LogP contribution in [0.2, 0.25) is 0 Å². The molecule has 6 heteroatoms. The van der Waals surface area contributed by atoms with Gasteiger partial charge in [-0.1, -0.05) is 281 Å². The van der Waals surface area contributed by atoms with Gasteiger partial charge in [-0.05, 0) is 122 Å². The molecule has 0 amide bonds. The molecule has 0 spiro atoms. The molecule has 0 aromatic carbocycles. The van der Waals surface area contributed by atoms with Gasteiger partial charge in [-0.2, -0.15) is 0 Å².